The van der Waals surface area contributed by atoms with Crippen molar-refractivity contribution >= 4 is 40.5 Å². The summed E-state index contributed by atoms with van der Waals surface area (Å²) in [4.78, 5) is 42.5. The van der Waals surface area contributed by atoms with Crippen LogP contribution >= 0.6 is 0 Å². The molecule has 1 spiro atoms. The molecule has 0 radical (unpaired) electrons. The fourth-order valence-corrected chi connectivity index (χ4v) is 5.69. The van der Waals surface area contributed by atoms with Gasteiger partial charge in [0.1, 0.15) is 22.8 Å². The average Bonchev–Trinajstić information content (AvgIpc) is 3.62. The van der Waals surface area contributed by atoms with Crippen molar-refractivity contribution in [2.24, 2.45) is 0 Å². The maximum atomic E-state index is 12.9. The Morgan fingerprint density at radius 2 is 1.95 bits per heavy atom. The number of pyridine rings is 1. The van der Waals surface area contributed by atoms with Gasteiger partial charge in [0.2, 0.25) is 5.95 Å². The zero-order chi connectivity index (χ0) is 25.6. The Hall–Kier alpha value is -3.73. The first-order valence-corrected chi connectivity index (χ1v) is 13.0. The molecule has 37 heavy (non-hydrogen) atoms. The minimum absolute atomic E-state index is 0.0385. The van der Waals surface area contributed by atoms with Gasteiger partial charge < -0.3 is 24.8 Å². The lowest BCUT2D eigenvalue weighted by Crippen LogP contribution is -2.44. The van der Waals surface area contributed by atoms with E-state index < -0.39 is 5.60 Å². The van der Waals surface area contributed by atoms with Crippen molar-refractivity contribution in [3.05, 3.63) is 36.3 Å². The van der Waals surface area contributed by atoms with Crippen LogP contribution in [0.4, 0.5) is 22.2 Å². The number of carbonyl (C=O) groups is 2. The molecule has 1 aliphatic carbocycles. The summed E-state index contributed by atoms with van der Waals surface area (Å²) in [6, 6.07) is 5.79. The van der Waals surface area contributed by atoms with Crippen molar-refractivity contribution < 1.29 is 14.3 Å². The number of fused-ring (bicyclic) bond motifs is 1. The molecule has 3 aromatic heterocycles. The molecule has 3 fully saturated rings. The molecule has 2 N–H and O–H groups in total. The molecule has 0 unspecified atom stereocenters. The van der Waals surface area contributed by atoms with Crippen molar-refractivity contribution in [3.8, 4) is 0 Å². The molecule has 194 valence electrons. The Balaban J connectivity index is 1.24. The van der Waals surface area contributed by atoms with E-state index in [0.717, 1.165) is 62.6 Å². The summed E-state index contributed by atoms with van der Waals surface area (Å²) in [5.41, 5.74) is 1.68. The predicted octanol–water partition coefficient (Wildman–Crippen LogP) is 3.47. The van der Waals surface area contributed by atoms with E-state index in [0.29, 0.717) is 29.7 Å². The molecule has 11 nitrogen and oxygen atoms in total. The SMILES string of the molecule is CN(C)C(=O)c1cc2cnc(Nc3ccc(N4CC5(CCNCC5)OC4=O)cn3)nc2n1C1CCCC1. The largest absolute Gasteiger partial charge is 0.441 e. The van der Waals surface area contributed by atoms with Crippen LogP contribution < -0.4 is 15.5 Å². The van der Waals surface area contributed by atoms with Crippen LogP contribution in [0.5, 0.6) is 0 Å². The molecule has 1 saturated carbocycles. The molecule has 3 aliphatic rings. The number of rotatable bonds is 5. The van der Waals surface area contributed by atoms with Crippen molar-refractivity contribution in [2.45, 2.75) is 50.2 Å². The number of anilines is 3. The van der Waals surface area contributed by atoms with Crippen LogP contribution in [0.25, 0.3) is 11.0 Å². The summed E-state index contributed by atoms with van der Waals surface area (Å²) in [5, 5.41) is 7.33. The number of hydrogen-bond acceptors (Lipinski definition) is 8. The number of aromatic nitrogens is 4. The highest BCUT2D eigenvalue weighted by molar-refractivity contribution is 5.98. The van der Waals surface area contributed by atoms with Crippen LogP contribution in [-0.2, 0) is 4.74 Å². The highest BCUT2D eigenvalue weighted by Crippen LogP contribution is 2.36. The fourth-order valence-electron chi connectivity index (χ4n) is 5.69. The Morgan fingerprint density at radius 1 is 1.16 bits per heavy atom. The minimum Gasteiger partial charge on any atom is -0.441 e. The van der Waals surface area contributed by atoms with Gasteiger partial charge in [-0.05, 0) is 44.1 Å². The Kier molecular flexibility index (Phi) is 5.94. The van der Waals surface area contributed by atoms with Gasteiger partial charge in [-0.3, -0.25) is 9.69 Å². The molecule has 0 aromatic carbocycles. The molecule has 11 heteroatoms. The topological polar surface area (TPSA) is 118 Å². The zero-order valence-corrected chi connectivity index (χ0v) is 21.2. The zero-order valence-electron chi connectivity index (χ0n) is 21.2. The van der Waals surface area contributed by atoms with E-state index in [1.165, 1.54) is 0 Å². The predicted molar refractivity (Wildman–Crippen MR) is 139 cm³/mol. The lowest BCUT2D eigenvalue weighted by Gasteiger charge is -2.31. The van der Waals surface area contributed by atoms with Crippen LogP contribution in [0.2, 0.25) is 0 Å². The third-order valence-electron chi connectivity index (χ3n) is 7.68. The first-order valence-electron chi connectivity index (χ1n) is 13.0. The van der Waals surface area contributed by atoms with Gasteiger partial charge in [-0.1, -0.05) is 12.8 Å². The van der Waals surface area contributed by atoms with E-state index in [4.69, 9.17) is 9.72 Å². The summed E-state index contributed by atoms with van der Waals surface area (Å²) >= 11 is 0. The van der Waals surface area contributed by atoms with Crippen LogP contribution in [0.1, 0.15) is 55.1 Å². The number of piperidine rings is 1. The summed E-state index contributed by atoms with van der Waals surface area (Å²) in [7, 11) is 3.53. The molecular weight excluding hydrogens is 472 g/mol. The summed E-state index contributed by atoms with van der Waals surface area (Å²) in [5.74, 6) is 0.933. The third-order valence-corrected chi connectivity index (χ3v) is 7.68. The number of nitrogens with zero attached hydrogens (tertiary/aromatic N) is 6. The van der Waals surface area contributed by atoms with Gasteiger partial charge in [0.15, 0.2) is 0 Å². The van der Waals surface area contributed by atoms with Crippen molar-refractivity contribution in [3.63, 3.8) is 0 Å². The quantitative estimate of drug-likeness (QED) is 0.543. The molecule has 2 amide bonds. The standard InChI is InChI=1S/C26H32N8O3/c1-32(2)23(35)20-13-17-14-29-24(31-22(17)34(20)18-5-3-4-6-18)30-21-8-7-19(15-28-21)33-16-26(37-25(33)36)9-11-27-12-10-26/h7-8,13-15,18,27H,3-6,9-12,16H2,1-2H3,(H,28,29,30,31). The number of ether oxygens (including phenoxy) is 1. The number of amides is 2. The minimum atomic E-state index is -0.413. The lowest BCUT2D eigenvalue weighted by atomic mass is 9.92. The summed E-state index contributed by atoms with van der Waals surface area (Å²) in [6.07, 6.45) is 9.07. The second-order valence-corrected chi connectivity index (χ2v) is 10.4. The second kappa shape index (κ2) is 9.29. The first-order chi connectivity index (χ1) is 17.9. The fraction of sp³-hybridized carbons (Fsp3) is 0.500. The number of hydrogen-bond donors (Lipinski definition) is 2. The van der Waals surface area contributed by atoms with E-state index >= 15 is 0 Å². The van der Waals surface area contributed by atoms with Gasteiger partial charge >= 0.3 is 6.09 Å². The second-order valence-electron chi connectivity index (χ2n) is 10.4. The third kappa shape index (κ3) is 4.37. The summed E-state index contributed by atoms with van der Waals surface area (Å²) < 4.78 is 7.85. The van der Waals surface area contributed by atoms with Gasteiger partial charge in [0.05, 0.1) is 18.4 Å². The van der Waals surface area contributed by atoms with Crippen molar-refractivity contribution in [1.82, 2.24) is 29.7 Å². The normalized spacial score (nSPS) is 19.5. The van der Waals surface area contributed by atoms with Crippen LogP contribution in [0.3, 0.4) is 0 Å². The average molecular weight is 505 g/mol. The van der Waals surface area contributed by atoms with E-state index in [1.807, 2.05) is 12.1 Å². The van der Waals surface area contributed by atoms with Gasteiger partial charge in [-0.25, -0.2) is 14.8 Å². The van der Waals surface area contributed by atoms with Crippen molar-refractivity contribution in [1.29, 1.82) is 0 Å². The van der Waals surface area contributed by atoms with Gasteiger partial charge in [0, 0.05) is 44.6 Å². The lowest BCUT2D eigenvalue weighted by molar-refractivity contribution is 0.0316. The highest BCUT2D eigenvalue weighted by atomic mass is 16.6. The number of carbonyl (C=O) groups excluding carboxylic acids is 2. The van der Waals surface area contributed by atoms with E-state index in [-0.39, 0.29) is 18.0 Å². The molecular formula is C26H32N8O3. The van der Waals surface area contributed by atoms with Crippen LogP contribution in [-0.4, -0.2) is 75.8 Å². The van der Waals surface area contributed by atoms with Gasteiger partial charge in [0.25, 0.3) is 5.91 Å². The van der Waals surface area contributed by atoms with Crippen LogP contribution in [0.15, 0.2) is 30.6 Å². The van der Waals surface area contributed by atoms with Gasteiger partial charge in [-0.15, -0.1) is 0 Å². The maximum absolute atomic E-state index is 12.9. The molecule has 6 rings (SSSR count). The van der Waals surface area contributed by atoms with E-state index in [2.05, 4.69) is 25.2 Å². The number of nitrogens with one attached hydrogen (secondary N) is 2. The molecule has 0 bridgehead atoms. The monoisotopic (exact) mass is 504 g/mol. The summed E-state index contributed by atoms with van der Waals surface area (Å²) in [6.45, 7) is 2.23. The molecule has 0 atom stereocenters. The van der Waals surface area contributed by atoms with Crippen LogP contribution in [0, 0.1) is 0 Å². The maximum Gasteiger partial charge on any atom is 0.415 e. The Morgan fingerprint density at radius 3 is 2.65 bits per heavy atom. The molecule has 2 aliphatic heterocycles. The Bertz CT molecular complexity index is 1320. The first kappa shape index (κ1) is 23.7. The van der Waals surface area contributed by atoms with E-state index in [9.17, 15) is 9.59 Å². The molecule has 5 heterocycles. The van der Waals surface area contributed by atoms with Crippen molar-refractivity contribution in [2.75, 3.05) is 43.9 Å². The highest BCUT2D eigenvalue weighted by Gasteiger charge is 2.46. The van der Waals surface area contributed by atoms with E-state index in [1.54, 1.807) is 42.4 Å². The smallest absolute Gasteiger partial charge is 0.415 e. The Labute approximate surface area is 215 Å². The molecule has 3 aromatic rings. The van der Waals surface area contributed by atoms with Gasteiger partial charge in [-0.2, -0.15) is 4.98 Å². The molecule has 2 saturated heterocycles.